The summed E-state index contributed by atoms with van der Waals surface area (Å²) in [6.45, 7) is 4.93. The summed E-state index contributed by atoms with van der Waals surface area (Å²) in [5.74, 6) is -0.166. The van der Waals surface area contributed by atoms with Crippen molar-refractivity contribution in [3.05, 3.63) is 70.0 Å². The van der Waals surface area contributed by atoms with Gasteiger partial charge in [-0.25, -0.2) is 4.39 Å². The Morgan fingerprint density at radius 3 is 2.67 bits per heavy atom. The van der Waals surface area contributed by atoms with Gasteiger partial charge in [0.05, 0.1) is 0 Å². The molecule has 3 heteroatoms. The van der Waals surface area contributed by atoms with Crippen molar-refractivity contribution >= 4 is 11.6 Å². The molecule has 0 spiro atoms. The molecule has 1 atom stereocenters. The van der Waals surface area contributed by atoms with Gasteiger partial charge in [-0.05, 0) is 44.0 Å². The van der Waals surface area contributed by atoms with Crippen molar-refractivity contribution in [2.45, 2.75) is 32.7 Å². The number of hydrogen-bond acceptors (Lipinski definition) is 1. The highest BCUT2D eigenvalue weighted by Crippen LogP contribution is 2.26. The Hall–Kier alpha value is -1.38. The predicted octanol–water partition coefficient (Wildman–Crippen LogP) is 5.07. The van der Waals surface area contributed by atoms with Crippen molar-refractivity contribution in [2.75, 3.05) is 6.54 Å². The summed E-state index contributed by atoms with van der Waals surface area (Å²) in [5, 5.41) is 4.16. The number of rotatable bonds is 6. The minimum Gasteiger partial charge on any atom is -0.310 e. The molecule has 0 aromatic heterocycles. The Balaban J connectivity index is 2.30. The van der Waals surface area contributed by atoms with Crippen LogP contribution in [0, 0.1) is 12.7 Å². The van der Waals surface area contributed by atoms with Crippen LogP contribution in [0.3, 0.4) is 0 Å². The number of aryl methyl sites for hydroxylation is 1. The summed E-state index contributed by atoms with van der Waals surface area (Å²) in [6.07, 6.45) is 1.69. The molecule has 0 saturated heterocycles. The van der Waals surface area contributed by atoms with E-state index in [9.17, 15) is 4.39 Å². The molecule has 112 valence electrons. The lowest BCUT2D eigenvalue weighted by Crippen LogP contribution is -2.25. The number of halogens is 2. The highest BCUT2D eigenvalue weighted by Gasteiger charge is 2.17. The normalized spacial score (nSPS) is 12.4. The zero-order valence-electron chi connectivity index (χ0n) is 12.5. The largest absolute Gasteiger partial charge is 0.310 e. The van der Waals surface area contributed by atoms with Crippen molar-refractivity contribution in [3.8, 4) is 0 Å². The Bertz CT molecular complexity index is 598. The van der Waals surface area contributed by atoms with Gasteiger partial charge in [-0.1, -0.05) is 54.4 Å². The second kappa shape index (κ2) is 7.58. The van der Waals surface area contributed by atoms with Gasteiger partial charge in [0.25, 0.3) is 0 Å². The quantitative estimate of drug-likeness (QED) is 0.785. The third-order valence-corrected chi connectivity index (χ3v) is 3.92. The second-order valence-corrected chi connectivity index (χ2v) is 5.73. The van der Waals surface area contributed by atoms with Gasteiger partial charge in [0.2, 0.25) is 0 Å². The molecule has 0 aliphatic heterocycles. The molecule has 2 aromatic carbocycles. The molecular weight excluding hydrogens is 285 g/mol. The molecule has 2 aromatic rings. The van der Waals surface area contributed by atoms with Gasteiger partial charge in [0.1, 0.15) is 5.82 Å². The molecule has 2 rings (SSSR count). The summed E-state index contributed by atoms with van der Waals surface area (Å²) in [7, 11) is 0. The van der Waals surface area contributed by atoms with E-state index in [0.29, 0.717) is 12.0 Å². The predicted molar refractivity (Wildman–Crippen MR) is 87.3 cm³/mol. The van der Waals surface area contributed by atoms with Crippen LogP contribution in [0.4, 0.5) is 4.39 Å². The van der Waals surface area contributed by atoms with E-state index in [1.54, 1.807) is 6.07 Å². The third-order valence-electron chi connectivity index (χ3n) is 3.55. The van der Waals surface area contributed by atoms with Gasteiger partial charge >= 0.3 is 0 Å². The van der Waals surface area contributed by atoms with Crippen LogP contribution in [0.25, 0.3) is 0 Å². The molecule has 0 fully saturated rings. The summed E-state index contributed by atoms with van der Waals surface area (Å²) >= 11 is 6.24. The van der Waals surface area contributed by atoms with Crippen LogP contribution in [-0.4, -0.2) is 6.54 Å². The van der Waals surface area contributed by atoms with E-state index in [1.807, 2.05) is 37.3 Å². The molecule has 0 amide bonds. The Kier molecular flexibility index (Phi) is 5.77. The van der Waals surface area contributed by atoms with Gasteiger partial charge in [0, 0.05) is 16.6 Å². The van der Waals surface area contributed by atoms with Crippen LogP contribution < -0.4 is 5.32 Å². The monoisotopic (exact) mass is 305 g/mol. The standard InChI is InChI=1S/C18H21ClFN/c1-3-10-21-18(12-14-6-4-5-7-16(14)19)15-11-13(2)8-9-17(15)20/h4-9,11,18,21H,3,10,12H2,1-2H3. The molecule has 1 unspecified atom stereocenters. The lowest BCUT2D eigenvalue weighted by Gasteiger charge is -2.21. The lowest BCUT2D eigenvalue weighted by atomic mass is 9.97. The van der Waals surface area contributed by atoms with E-state index in [-0.39, 0.29) is 11.9 Å². The molecule has 0 aliphatic carbocycles. The highest BCUT2D eigenvalue weighted by atomic mass is 35.5. The summed E-state index contributed by atoms with van der Waals surface area (Å²) in [5.41, 5.74) is 2.81. The minimum atomic E-state index is -0.166. The first-order chi connectivity index (χ1) is 10.1. The maximum Gasteiger partial charge on any atom is 0.128 e. The SMILES string of the molecule is CCCNC(Cc1ccccc1Cl)c1cc(C)ccc1F. The first kappa shape index (κ1) is 16.0. The zero-order valence-corrected chi connectivity index (χ0v) is 13.3. The van der Waals surface area contributed by atoms with Crippen LogP contribution in [-0.2, 0) is 6.42 Å². The molecule has 0 heterocycles. The van der Waals surface area contributed by atoms with Crippen LogP contribution in [0.5, 0.6) is 0 Å². The maximum absolute atomic E-state index is 14.2. The van der Waals surface area contributed by atoms with Gasteiger partial charge in [-0.2, -0.15) is 0 Å². The lowest BCUT2D eigenvalue weighted by molar-refractivity contribution is 0.496. The van der Waals surface area contributed by atoms with E-state index in [1.165, 1.54) is 6.07 Å². The first-order valence-corrected chi connectivity index (χ1v) is 7.72. The van der Waals surface area contributed by atoms with Gasteiger partial charge < -0.3 is 5.32 Å². The summed E-state index contributed by atoms with van der Waals surface area (Å²) < 4.78 is 14.2. The molecular formula is C18H21ClFN. The fraction of sp³-hybridized carbons (Fsp3) is 0.333. The van der Waals surface area contributed by atoms with Crippen LogP contribution >= 0.6 is 11.6 Å². The molecule has 1 nitrogen and oxygen atoms in total. The first-order valence-electron chi connectivity index (χ1n) is 7.34. The summed E-state index contributed by atoms with van der Waals surface area (Å²) in [4.78, 5) is 0. The van der Waals surface area contributed by atoms with Gasteiger partial charge in [0.15, 0.2) is 0 Å². The van der Waals surface area contributed by atoms with Crippen molar-refractivity contribution in [1.82, 2.24) is 5.32 Å². The van der Waals surface area contributed by atoms with Crippen molar-refractivity contribution in [3.63, 3.8) is 0 Å². The number of nitrogens with one attached hydrogen (secondary N) is 1. The second-order valence-electron chi connectivity index (χ2n) is 5.33. The minimum absolute atomic E-state index is 0.0650. The average Bonchev–Trinajstić information content (AvgIpc) is 2.48. The van der Waals surface area contributed by atoms with Crippen LogP contribution in [0.15, 0.2) is 42.5 Å². The Morgan fingerprint density at radius 1 is 1.19 bits per heavy atom. The molecule has 0 saturated carbocycles. The van der Waals surface area contributed by atoms with Crippen molar-refractivity contribution in [2.24, 2.45) is 0 Å². The fourth-order valence-electron chi connectivity index (χ4n) is 2.42. The summed E-state index contributed by atoms with van der Waals surface area (Å²) in [6, 6.07) is 12.9. The highest BCUT2D eigenvalue weighted by molar-refractivity contribution is 6.31. The van der Waals surface area contributed by atoms with Crippen LogP contribution in [0.1, 0.15) is 36.1 Å². The van der Waals surface area contributed by atoms with Gasteiger partial charge in [-0.3, -0.25) is 0 Å². The van der Waals surface area contributed by atoms with Crippen molar-refractivity contribution < 1.29 is 4.39 Å². The molecule has 0 bridgehead atoms. The van der Waals surface area contributed by atoms with Gasteiger partial charge in [-0.15, -0.1) is 0 Å². The van der Waals surface area contributed by atoms with E-state index in [0.717, 1.165) is 29.1 Å². The Morgan fingerprint density at radius 2 is 1.95 bits per heavy atom. The zero-order chi connectivity index (χ0) is 15.2. The third kappa shape index (κ3) is 4.29. The average molecular weight is 306 g/mol. The van der Waals surface area contributed by atoms with Crippen LogP contribution in [0.2, 0.25) is 5.02 Å². The number of hydrogen-bond donors (Lipinski definition) is 1. The maximum atomic E-state index is 14.2. The van der Waals surface area contributed by atoms with E-state index < -0.39 is 0 Å². The topological polar surface area (TPSA) is 12.0 Å². The van der Waals surface area contributed by atoms with E-state index in [4.69, 9.17) is 11.6 Å². The molecule has 0 aliphatic rings. The molecule has 1 N–H and O–H groups in total. The fourth-order valence-corrected chi connectivity index (χ4v) is 2.64. The molecule has 0 radical (unpaired) electrons. The number of benzene rings is 2. The van der Waals surface area contributed by atoms with E-state index in [2.05, 4.69) is 12.2 Å². The van der Waals surface area contributed by atoms with Crippen molar-refractivity contribution in [1.29, 1.82) is 0 Å². The Labute approximate surface area is 131 Å². The van der Waals surface area contributed by atoms with E-state index >= 15 is 0 Å². The smallest absolute Gasteiger partial charge is 0.128 e. The molecule has 21 heavy (non-hydrogen) atoms.